The minimum Gasteiger partial charge on any atom is -0.207 e. The lowest BCUT2D eigenvalue weighted by atomic mass is 10.2. The molecule has 0 radical (unpaired) electrons. The van der Waals surface area contributed by atoms with Gasteiger partial charge in [0.1, 0.15) is 5.82 Å². The monoisotopic (exact) mass is 345 g/mol. The highest BCUT2D eigenvalue weighted by molar-refractivity contribution is 7.98. The van der Waals surface area contributed by atoms with Crippen LogP contribution in [0.1, 0.15) is 5.56 Å². The Kier molecular flexibility index (Phi) is 5.27. The molecular weight excluding hydrogens is 333 g/mol. The third-order valence-electron chi connectivity index (χ3n) is 2.83. The summed E-state index contributed by atoms with van der Waals surface area (Å²) in [6, 6.07) is 10.9. The van der Waals surface area contributed by atoms with Gasteiger partial charge in [0.2, 0.25) is 10.0 Å². The molecule has 0 aromatic heterocycles. The van der Waals surface area contributed by atoms with Crippen molar-refractivity contribution < 1.29 is 12.8 Å². The molecule has 2 aromatic carbocycles. The lowest BCUT2D eigenvalue weighted by molar-refractivity contribution is 0.580. The first-order valence-electron chi connectivity index (χ1n) is 6.00. The standard InChI is InChI=1S/C14H13ClFNO2S2/c1-20-11-4-2-10(3-5-11)9-17-21(18,19)12-6-7-14(16)13(15)8-12/h2-8,17H,9H2,1H3. The van der Waals surface area contributed by atoms with Gasteiger partial charge >= 0.3 is 0 Å². The van der Waals surface area contributed by atoms with Crippen LogP contribution in [0.2, 0.25) is 5.02 Å². The first kappa shape index (κ1) is 16.3. The number of hydrogen-bond donors (Lipinski definition) is 1. The summed E-state index contributed by atoms with van der Waals surface area (Å²) < 4.78 is 39.7. The maximum Gasteiger partial charge on any atom is 0.240 e. The van der Waals surface area contributed by atoms with Gasteiger partial charge in [0.05, 0.1) is 9.92 Å². The first-order valence-corrected chi connectivity index (χ1v) is 9.08. The summed E-state index contributed by atoms with van der Waals surface area (Å²) in [4.78, 5) is 1.04. The van der Waals surface area contributed by atoms with Crippen molar-refractivity contribution in [3.8, 4) is 0 Å². The van der Waals surface area contributed by atoms with Gasteiger partial charge in [-0.15, -0.1) is 11.8 Å². The third kappa shape index (κ3) is 4.20. The van der Waals surface area contributed by atoms with Gasteiger partial charge < -0.3 is 0 Å². The molecule has 0 saturated heterocycles. The Balaban J connectivity index is 2.11. The van der Waals surface area contributed by atoms with E-state index in [0.717, 1.165) is 22.6 Å². The number of hydrogen-bond acceptors (Lipinski definition) is 3. The highest BCUT2D eigenvalue weighted by Gasteiger charge is 2.15. The maximum absolute atomic E-state index is 13.1. The zero-order valence-corrected chi connectivity index (χ0v) is 13.5. The zero-order chi connectivity index (χ0) is 15.5. The van der Waals surface area contributed by atoms with Crippen LogP contribution in [0.5, 0.6) is 0 Å². The Bertz CT molecular complexity index is 733. The topological polar surface area (TPSA) is 46.2 Å². The van der Waals surface area contributed by atoms with Crippen molar-refractivity contribution in [1.82, 2.24) is 4.72 Å². The molecule has 0 aliphatic rings. The Labute approximate surface area is 132 Å². The molecule has 7 heteroatoms. The summed E-state index contributed by atoms with van der Waals surface area (Å²) in [6.45, 7) is 0.159. The van der Waals surface area contributed by atoms with Crippen LogP contribution in [0.4, 0.5) is 4.39 Å². The highest BCUT2D eigenvalue weighted by Crippen LogP contribution is 2.20. The van der Waals surface area contributed by atoms with Crippen molar-refractivity contribution in [2.75, 3.05) is 6.26 Å². The second-order valence-corrected chi connectivity index (χ2v) is 7.30. The van der Waals surface area contributed by atoms with E-state index in [2.05, 4.69) is 4.72 Å². The molecule has 0 heterocycles. The minimum atomic E-state index is -3.72. The normalized spacial score (nSPS) is 11.6. The highest BCUT2D eigenvalue weighted by atomic mass is 35.5. The zero-order valence-electron chi connectivity index (χ0n) is 11.1. The summed E-state index contributed by atoms with van der Waals surface area (Å²) in [6.07, 6.45) is 1.97. The average molecular weight is 346 g/mol. The number of benzene rings is 2. The van der Waals surface area contributed by atoms with Crippen molar-refractivity contribution in [1.29, 1.82) is 0 Å². The van der Waals surface area contributed by atoms with Gasteiger partial charge in [0.15, 0.2) is 0 Å². The molecule has 0 aliphatic carbocycles. The van der Waals surface area contributed by atoms with E-state index in [0.29, 0.717) is 0 Å². The fourth-order valence-electron chi connectivity index (χ4n) is 1.65. The molecule has 112 valence electrons. The minimum absolute atomic E-state index is 0.0605. The Morgan fingerprint density at radius 1 is 1.19 bits per heavy atom. The van der Waals surface area contributed by atoms with E-state index in [1.165, 1.54) is 6.07 Å². The van der Waals surface area contributed by atoms with Gasteiger partial charge in [-0.3, -0.25) is 0 Å². The Hall–Kier alpha value is -1.08. The number of thioether (sulfide) groups is 1. The fraction of sp³-hybridized carbons (Fsp3) is 0.143. The van der Waals surface area contributed by atoms with Gasteiger partial charge in [-0.25, -0.2) is 17.5 Å². The fourth-order valence-corrected chi connectivity index (χ4v) is 3.35. The SMILES string of the molecule is CSc1ccc(CNS(=O)(=O)c2ccc(F)c(Cl)c2)cc1. The van der Waals surface area contributed by atoms with E-state index in [1.807, 2.05) is 30.5 Å². The lowest BCUT2D eigenvalue weighted by Crippen LogP contribution is -2.23. The molecule has 0 saturated carbocycles. The molecule has 2 aromatic rings. The number of sulfonamides is 1. The van der Waals surface area contributed by atoms with Crippen LogP contribution in [0.3, 0.4) is 0 Å². The summed E-state index contributed by atoms with van der Waals surface area (Å²) >= 11 is 7.21. The van der Waals surface area contributed by atoms with Gasteiger partial charge in [0.25, 0.3) is 0 Å². The molecule has 2 rings (SSSR count). The van der Waals surface area contributed by atoms with Gasteiger partial charge in [-0.2, -0.15) is 0 Å². The quantitative estimate of drug-likeness (QED) is 0.841. The van der Waals surface area contributed by atoms with E-state index >= 15 is 0 Å². The second kappa shape index (κ2) is 6.79. The molecule has 0 aliphatic heterocycles. The molecule has 0 unspecified atom stereocenters. The predicted molar refractivity (Wildman–Crippen MR) is 83.7 cm³/mol. The van der Waals surface area contributed by atoms with Crippen LogP contribution in [0.15, 0.2) is 52.3 Å². The van der Waals surface area contributed by atoms with Crippen LogP contribution >= 0.6 is 23.4 Å². The van der Waals surface area contributed by atoms with E-state index in [1.54, 1.807) is 11.8 Å². The summed E-state index contributed by atoms with van der Waals surface area (Å²) in [5, 5.41) is -0.220. The number of nitrogens with one attached hydrogen (secondary N) is 1. The van der Waals surface area contributed by atoms with Crippen LogP contribution in [0.25, 0.3) is 0 Å². The molecule has 0 spiro atoms. The Morgan fingerprint density at radius 3 is 2.43 bits per heavy atom. The summed E-state index contributed by atoms with van der Waals surface area (Å²) in [7, 11) is -3.72. The molecule has 0 amide bonds. The predicted octanol–water partition coefficient (Wildman–Crippen LogP) is 3.68. The van der Waals surface area contributed by atoms with Crippen molar-refractivity contribution in [3.05, 3.63) is 58.9 Å². The van der Waals surface area contributed by atoms with Crippen LogP contribution < -0.4 is 4.72 Å². The van der Waals surface area contributed by atoms with E-state index in [9.17, 15) is 12.8 Å². The van der Waals surface area contributed by atoms with Crippen molar-refractivity contribution in [2.45, 2.75) is 16.3 Å². The van der Waals surface area contributed by atoms with Crippen molar-refractivity contribution in [2.24, 2.45) is 0 Å². The first-order chi connectivity index (χ1) is 9.92. The molecule has 0 fully saturated rings. The second-order valence-electron chi connectivity index (χ2n) is 4.25. The molecular formula is C14H13ClFNO2S2. The van der Waals surface area contributed by atoms with Gasteiger partial charge in [0, 0.05) is 11.4 Å². The van der Waals surface area contributed by atoms with Crippen molar-refractivity contribution >= 4 is 33.4 Å². The smallest absolute Gasteiger partial charge is 0.207 e. The number of rotatable bonds is 5. The average Bonchev–Trinajstić information content (AvgIpc) is 2.48. The van der Waals surface area contributed by atoms with Crippen LogP contribution in [-0.4, -0.2) is 14.7 Å². The Morgan fingerprint density at radius 2 is 1.86 bits per heavy atom. The summed E-state index contributed by atoms with van der Waals surface area (Å²) in [5.41, 5.74) is 0.838. The molecule has 21 heavy (non-hydrogen) atoms. The maximum atomic E-state index is 13.1. The molecule has 0 bridgehead atoms. The third-order valence-corrected chi connectivity index (χ3v) is 5.26. The molecule has 1 N–H and O–H groups in total. The largest absolute Gasteiger partial charge is 0.240 e. The van der Waals surface area contributed by atoms with Crippen molar-refractivity contribution in [3.63, 3.8) is 0 Å². The summed E-state index contributed by atoms with van der Waals surface area (Å²) in [5.74, 6) is -0.650. The van der Waals surface area contributed by atoms with E-state index in [4.69, 9.17) is 11.6 Å². The molecule has 0 atom stereocenters. The van der Waals surface area contributed by atoms with Gasteiger partial charge in [-0.05, 0) is 42.2 Å². The van der Waals surface area contributed by atoms with E-state index in [-0.39, 0.29) is 16.5 Å². The lowest BCUT2D eigenvalue weighted by Gasteiger charge is -2.08. The van der Waals surface area contributed by atoms with Crippen LogP contribution in [-0.2, 0) is 16.6 Å². The molecule has 3 nitrogen and oxygen atoms in total. The number of halogens is 2. The van der Waals surface area contributed by atoms with Crippen LogP contribution in [0, 0.1) is 5.82 Å². The van der Waals surface area contributed by atoms with Gasteiger partial charge in [-0.1, -0.05) is 23.7 Å². The van der Waals surface area contributed by atoms with E-state index < -0.39 is 15.8 Å².